The molecular formula is C25H23N5O2. The van der Waals surface area contributed by atoms with Gasteiger partial charge in [0.2, 0.25) is 6.79 Å². The van der Waals surface area contributed by atoms with E-state index in [1.165, 1.54) is 17.5 Å². The van der Waals surface area contributed by atoms with E-state index in [1.807, 2.05) is 54.6 Å². The number of nitrogens with zero attached hydrogens (tertiary/aromatic N) is 3. The number of fused-ring (bicyclic) bond motifs is 1. The van der Waals surface area contributed by atoms with Gasteiger partial charge in [0.05, 0.1) is 0 Å². The van der Waals surface area contributed by atoms with Gasteiger partial charge in [-0.15, -0.1) is 0 Å². The van der Waals surface area contributed by atoms with Gasteiger partial charge in [0.15, 0.2) is 23.1 Å². The predicted molar refractivity (Wildman–Crippen MR) is 125 cm³/mol. The summed E-state index contributed by atoms with van der Waals surface area (Å²) in [5, 5.41) is 3.29. The number of aromatic nitrogens is 2. The number of hydrogen-bond acceptors (Lipinski definition) is 7. The van der Waals surface area contributed by atoms with Crippen LogP contribution in [0.5, 0.6) is 11.5 Å². The molecule has 7 heteroatoms. The van der Waals surface area contributed by atoms with Crippen molar-refractivity contribution < 1.29 is 9.47 Å². The van der Waals surface area contributed by atoms with Crippen LogP contribution in [0, 0.1) is 0 Å². The first-order valence-corrected chi connectivity index (χ1v) is 10.4. The second-order valence-corrected chi connectivity index (χ2v) is 7.48. The highest BCUT2D eigenvalue weighted by Crippen LogP contribution is 2.36. The topological polar surface area (TPSA) is 85.5 Å². The summed E-state index contributed by atoms with van der Waals surface area (Å²) in [5.74, 6) is 2.64. The van der Waals surface area contributed by atoms with Crippen molar-refractivity contribution in [3.05, 3.63) is 96.3 Å². The molecule has 7 nitrogen and oxygen atoms in total. The van der Waals surface area contributed by atoms with Gasteiger partial charge in [-0.1, -0.05) is 60.7 Å². The van der Waals surface area contributed by atoms with Crippen LogP contribution in [0.3, 0.4) is 0 Å². The second kappa shape index (κ2) is 8.85. The van der Waals surface area contributed by atoms with Gasteiger partial charge in [0, 0.05) is 24.8 Å². The summed E-state index contributed by atoms with van der Waals surface area (Å²) in [6.45, 7) is 1.56. The lowest BCUT2D eigenvalue weighted by atomic mass is 10.1. The number of nitrogens with one attached hydrogen (secondary N) is 1. The van der Waals surface area contributed by atoms with Gasteiger partial charge in [-0.3, -0.25) is 0 Å². The molecule has 0 saturated heterocycles. The summed E-state index contributed by atoms with van der Waals surface area (Å²) in [6, 6.07) is 26.2. The minimum atomic E-state index is 0.229. The third-order valence-electron chi connectivity index (χ3n) is 5.23. The van der Waals surface area contributed by atoms with Crippen LogP contribution in [-0.2, 0) is 13.1 Å². The van der Waals surface area contributed by atoms with Crippen LogP contribution in [0.25, 0.3) is 0 Å². The van der Waals surface area contributed by atoms with Crippen LogP contribution in [0.2, 0.25) is 0 Å². The fourth-order valence-electron chi connectivity index (χ4n) is 3.66. The van der Waals surface area contributed by atoms with Crippen molar-refractivity contribution in [1.29, 1.82) is 0 Å². The zero-order valence-electron chi connectivity index (χ0n) is 17.4. The molecule has 0 atom stereocenters. The Morgan fingerprint density at radius 2 is 1.47 bits per heavy atom. The third-order valence-corrected chi connectivity index (χ3v) is 5.23. The van der Waals surface area contributed by atoms with Crippen molar-refractivity contribution in [2.24, 2.45) is 0 Å². The minimum Gasteiger partial charge on any atom is -0.454 e. The van der Waals surface area contributed by atoms with Gasteiger partial charge in [0.25, 0.3) is 0 Å². The second-order valence-electron chi connectivity index (χ2n) is 7.48. The quantitative estimate of drug-likeness (QED) is 0.442. The molecule has 1 aromatic heterocycles. The van der Waals surface area contributed by atoms with Crippen LogP contribution in [0.15, 0.2) is 85.2 Å². The van der Waals surface area contributed by atoms with Gasteiger partial charge in [-0.25, -0.2) is 9.97 Å². The summed E-state index contributed by atoms with van der Waals surface area (Å²) in [5.41, 5.74) is 10.2. The largest absolute Gasteiger partial charge is 0.454 e. The number of nitrogen functional groups attached to an aromatic ring is 1. The summed E-state index contributed by atoms with van der Waals surface area (Å²) >= 11 is 0. The van der Waals surface area contributed by atoms with E-state index in [4.69, 9.17) is 15.2 Å². The van der Waals surface area contributed by atoms with Gasteiger partial charge < -0.3 is 25.4 Å². The van der Waals surface area contributed by atoms with Crippen molar-refractivity contribution in [2.75, 3.05) is 22.7 Å². The molecule has 1 aliphatic heterocycles. The van der Waals surface area contributed by atoms with Crippen LogP contribution in [0.1, 0.15) is 11.1 Å². The lowest BCUT2D eigenvalue weighted by Crippen LogP contribution is -2.24. The monoisotopic (exact) mass is 425 g/mol. The Morgan fingerprint density at radius 3 is 2.16 bits per heavy atom. The Balaban J connectivity index is 1.45. The van der Waals surface area contributed by atoms with Gasteiger partial charge in [-0.05, 0) is 23.3 Å². The van der Waals surface area contributed by atoms with E-state index in [0.29, 0.717) is 36.2 Å². The molecule has 0 fully saturated rings. The van der Waals surface area contributed by atoms with E-state index in [-0.39, 0.29) is 6.79 Å². The number of nitrogens with two attached hydrogens (primary N) is 1. The molecule has 32 heavy (non-hydrogen) atoms. The first-order chi connectivity index (χ1) is 15.8. The van der Waals surface area contributed by atoms with Crippen molar-refractivity contribution in [1.82, 2.24) is 9.97 Å². The molecule has 3 N–H and O–H groups in total. The molecule has 0 amide bonds. The number of ether oxygens (including phenoxy) is 2. The van der Waals surface area contributed by atoms with E-state index < -0.39 is 0 Å². The molecule has 2 heterocycles. The molecular weight excluding hydrogens is 402 g/mol. The molecule has 0 spiro atoms. The zero-order valence-corrected chi connectivity index (χ0v) is 17.4. The molecule has 4 aromatic rings. The minimum absolute atomic E-state index is 0.229. The predicted octanol–water partition coefficient (Wildman–Crippen LogP) is 4.74. The average Bonchev–Trinajstić information content (AvgIpc) is 3.29. The standard InChI is InChI=1S/C25H23N5O2/c26-23-24(29-20-11-12-21-22(13-20)32-17-31-21)27-16-28-25(23)30(14-18-7-3-1-4-8-18)15-19-9-5-2-6-10-19/h1-13,16H,14-15,17,26H2,(H,27,28,29). The highest BCUT2D eigenvalue weighted by atomic mass is 16.7. The van der Waals surface area contributed by atoms with Gasteiger partial charge >= 0.3 is 0 Å². The summed E-state index contributed by atoms with van der Waals surface area (Å²) in [7, 11) is 0. The van der Waals surface area contributed by atoms with E-state index >= 15 is 0 Å². The summed E-state index contributed by atoms with van der Waals surface area (Å²) in [6.07, 6.45) is 1.53. The number of benzene rings is 3. The number of anilines is 4. The molecule has 0 aliphatic carbocycles. The Kier molecular flexibility index (Phi) is 5.45. The maximum atomic E-state index is 6.57. The molecule has 0 bridgehead atoms. The molecule has 1 aliphatic rings. The highest BCUT2D eigenvalue weighted by molar-refractivity contribution is 5.78. The van der Waals surface area contributed by atoms with Gasteiger partial charge in [-0.2, -0.15) is 0 Å². The summed E-state index contributed by atoms with van der Waals surface area (Å²) in [4.78, 5) is 11.1. The smallest absolute Gasteiger partial charge is 0.231 e. The van der Waals surface area contributed by atoms with Crippen molar-refractivity contribution in [3.63, 3.8) is 0 Å². The summed E-state index contributed by atoms with van der Waals surface area (Å²) < 4.78 is 10.9. The molecule has 0 saturated carbocycles. The molecule has 5 rings (SSSR count). The Bertz CT molecular complexity index is 1160. The van der Waals surface area contributed by atoms with Crippen LogP contribution < -0.4 is 25.4 Å². The van der Waals surface area contributed by atoms with E-state index in [0.717, 1.165) is 11.4 Å². The zero-order chi connectivity index (χ0) is 21.8. The SMILES string of the molecule is Nc1c(Nc2ccc3c(c2)OCO3)ncnc1N(Cc1ccccc1)Cc1ccccc1. The van der Waals surface area contributed by atoms with E-state index in [1.54, 1.807) is 0 Å². The third kappa shape index (κ3) is 4.27. The molecule has 160 valence electrons. The Labute approximate surface area is 186 Å². The van der Waals surface area contributed by atoms with Crippen molar-refractivity contribution in [2.45, 2.75) is 13.1 Å². The first kappa shape index (κ1) is 19.7. The van der Waals surface area contributed by atoms with E-state index in [9.17, 15) is 0 Å². The molecule has 0 unspecified atom stereocenters. The molecule has 0 radical (unpaired) electrons. The van der Waals surface area contributed by atoms with Crippen LogP contribution in [-0.4, -0.2) is 16.8 Å². The lowest BCUT2D eigenvalue weighted by molar-refractivity contribution is 0.174. The van der Waals surface area contributed by atoms with Crippen molar-refractivity contribution >= 4 is 23.0 Å². The lowest BCUT2D eigenvalue weighted by Gasteiger charge is -2.26. The maximum Gasteiger partial charge on any atom is 0.231 e. The van der Waals surface area contributed by atoms with Gasteiger partial charge in [0.1, 0.15) is 12.0 Å². The Morgan fingerprint density at radius 1 is 0.812 bits per heavy atom. The van der Waals surface area contributed by atoms with Crippen molar-refractivity contribution in [3.8, 4) is 11.5 Å². The number of hydrogen-bond donors (Lipinski definition) is 2. The fraction of sp³-hybridized carbons (Fsp3) is 0.120. The van der Waals surface area contributed by atoms with E-state index in [2.05, 4.69) is 44.5 Å². The Hall–Kier alpha value is -4.26. The van der Waals surface area contributed by atoms with Crippen LogP contribution in [0.4, 0.5) is 23.0 Å². The highest BCUT2D eigenvalue weighted by Gasteiger charge is 2.18. The van der Waals surface area contributed by atoms with Crippen LogP contribution >= 0.6 is 0 Å². The average molecular weight is 425 g/mol. The normalized spacial score (nSPS) is 11.9. The number of rotatable bonds is 7. The first-order valence-electron chi connectivity index (χ1n) is 10.4. The molecule has 3 aromatic carbocycles. The maximum absolute atomic E-state index is 6.57. The fourth-order valence-corrected chi connectivity index (χ4v) is 3.66.